The number of nitrogens with one attached hydrogen (secondary N) is 2. The van der Waals surface area contributed by atoms with Crippen molar-refractivity contribution in [2.24, 2.45) is 4.99 Å². The Morgan fingerprint density at radius 1 is 1.20 bits per heavy atom. The number of hydrogen-bond acceptors (Lipinski definition) is 4. The average Bonchev–Trinajstić information content (AvgIpc) is 3.25. The van der Waals surface area contributed by atoms with Gasteiger partial charge in [0.05, 0.1) is 13.2 Å². The molecule has 0 saturated carbocycles. The lowest BCUT2D eigenvalue weighted by Gasteiger charge is -2.19. The molecule has 0 aliphatic carbocycles. The van der Waals surface area contributed by atoms with Crippen LogP contribution in [0.5, 0.6) is 5.75 Å². The number of nitrogens with zero attached hydrogens (tertiary/aromatic N) is 2. The second-order valence-corrected chi connectivity index (χ2v) is 7.79. The lowest BCUT2D eigenvalue weighted by Crippen LogP contribution is -2.40. The summed E-state index contributed by atoms with van der Waals surface area (Å²) in [5, 5.41) is 6.80. The summed E-state index contributed by atoms with van der Waals surface area (Å²) in [6.07, 6.45) is 1.09. The Morgan fingerprint density at radius 3 is 2.77 bits per heavy atom. The van der Waals surface area contributed by atoms with Crippen molar-refractivity contribution >= 4 is 5.96 Å². The zero-order chi connectivity index (χ0) is 21.2. The van der Waals surface area contributed by atoms with Gasteiger partial charge in [-0.1, -0.05) is 42.5 Å². The van der Waals surface area contributed by atoms with E-state index < -0.39 is 0 Å². The molecule has 1 saturated heterocycles. The average molecular weight is 411 g/mol. The van der Waals surface area contributed by atoms with Gasteiger partial charge in [-0.2, -0.15) is 0 Å². The van der Waals surface area contributed by atoms with Crippen molar-refractivity contribution in [3.05, 3.63) is 65.2 Å². The smallest absolute Gasteiger partial charge is 0.191 e. The van der Waals surface area contributed by atoms with E-state index in [0.717, 1.165) is 49.9 Å². The van der Waals surface area contributed by atoms with Gasteiger partial charge in [0, 0.05) is 45.2 Å². The fourth-order valence-corrected chi connectivity index (χ4v) is 3.44. The summed E-state index contributed by atoms with van der Waals surface area (Å²) in [5.41, 5.74) is 3.63. The molecule has 0 spiro atoms. The topological polar surface area (TPSA) is 58.1 Å². The minimum absolute atomic E-state index is 0.142. The van der Waals surface area contributed by atoms with Crippen LogP contribution in [0.3, 0.4) is 0 Å². The van der Waals surface area contributed by atoms with Crippen LogP contribution < -0.4 is 15.4 Å². The van der Waals surface area contributed by atoms with E-state index >= 15 is 0 Å². The Hall–Kier alpha value is -2.57. The number of guanidine groups is 1. The molecule has 1 unspecified atom stereocenters. The monoisotopic (exact) mass is 410 g/mol. The molecule has 6 nitrogen and oxygen atoms in total. The van der Waals surface area contributed by atoms with Crippen molar-refractivity contribution in [3.8, 4) is 5.75 Å². The molecule has 1 atom stereocenters. The zero-order valence-corrected chi connectivity index (χ0v) is 18.4. The van der Waals surface area contributed by atoms with E-state index in [-0.39, 0.29) is 6.10 Å². The van der Waals surface area contributed by atoms with Gasteiger partial charge in [0.1, 0.15) is 11.9 Å². The second-order valence-electron chi connectivity index (χ2n) is 7.79. The van der Waals surface area contributed by atoms with Crippen molar-refractivity contribution < 1.29 is 9.47 Å². The standard InChI is InChI=1S/C24H34N4O2/c1-19-9-10-21(23(15-19)30-22-11-14-29-18-22)16-27-24(25-2)26-12-13-28(3)17-20-7-5-4-6-8-20/h4-10,15,22H,11-14,16-18H2,1-3H3,(H2,25,26,27). The molecule has 162 valence electrons. The highest BCUT2D eigenvalue weighted by Gasteiger charge is 2.18. The maximum Gasteiger partial charge on any atom is 0.191 e. The van der Waals surface area contributed by atoms with Gasteiger partial charge in [0.15, 0.2) is 5.96 Å². The molecule has 1 aliphatic heterocycles. The van der Waals surface area contributed by atoms with E-state index in [1.165, 1.54) is 11.1 Å². The summed E-state index contributed by atoms with van der Waals surface area (Å²) in [6.45, 7) is 6.86. The Morgan fingerprint density at radius 2 is 2.03 bits per heavy atom. The Bertz CT molecular complexity index is 804. The molecule has 1 heterocycles. The van der Waals surface area contributed by atoms with Gasteiger partial charge in [0.2, 0.25) is 0 Å². The summed E-state index contributed by atoms with van der Waals surface area (Å²) in [7, 11) is 3.93. The molecule has 0 radical (unpaired) electrons. The van der Waals surface area contributed by atoms with Crippen LogP contribution in [0.1, 0.15) is 23.1 Å². The van der Waals surface area contributed by atoms with Crippen LogP contribution in [0, 0.1) is 6.92 Å². The van der Waals surface area contributed by atoms with Gasteiger partial charge < -0.3 is 25.0 Å². The van der Waals surface area contributed by atoms with Gasteiger partial charge >= 0.3 is 0 Å². The third-order valence-electron chi connectivity index (χ3n) is 5.16. The third kappa shape index (κ3) is 7.04. The zero-order valence-electron chi connectivity index (χ0n) is 18.4. The van der Waals surface area contributed by atoms with Crippen molar-refractivity contribution in [2.45, 2.75) is 32.5 Å². The number of hydrogen-bond donors (Lipinski definition) is 2. The molecule has 1 aliphatic rings. The summed E-state index contributed by atoms with van der Waals surface area (Å²) in [4.78, 5) is 6.65. The molecule has 0 bridgehead atoms. The second kappa shape index (κ2) is 11.6. The first-order chi connectivity index (χ1) is 14.6. The van der Waals surface area contributed by atoms with Crippen LogP contribution >= 0.6 is 0 Å². The molecule has 0 aromatic heterocycles. The number of likely N-dealkylation sites (N-methyl/N-ethyl adjacent to an activating group) is 1. The lowest BCUT2D eigenvalue weighted by molar-refractivity contribution is 0.140. The van der Waals surface area contributed by atoms with E-state index in [4.69, 9.17) is 9.47 Å². The first kappa shape index (κ1) is 22.1. The van der Waals surface area contributed by atoms with Crippen molar-refractivity contribution in [2.75, 3.05) is 40.4 Å². The maximum atomic E-state index is 6.19. The summed E-state index contributed by atoms with van der Waals surface area (Å²) < 4.78 is 11.6. The van der Waals surface area contributed by atoms with Crippen LogP contribution in [0.4, 0.5) is 0 Å². The number of aliphatic imine (C=N–C) groups is 1. The Labute approximate surface area is 180 Å². The molecule has 2 aromatic rings. The van der Waals surface area contributed by atoms with E-state index in [1.807, 2.05) is 6.07 Å². The highest BCUT2D eigenvalue weighted by atomic mass is 16.5. The molecular formula is C24H34N4O2. The van der Waals surface area contributed by atoms with Crippen LogP contribution in [0.15, 0.2) is 53.5 Å². The largest absolute Gasteiger partial charge is 0.488 e. The fourth-order valence-electron chi connectivity index (χ4n) is 3.44. The van der Waals surface area contributed by atoms with E-state index in [0.29, 0.717) is 13.2 Å². The van der Waals surface area contributed by atoms with E-state index in [1.54, 1.807) is 7.05 Å². The predicted molar refractivity (Wildman–Crippen MR) is 122 cm³/mol. The normalized spacial score (nSPS) is 16.7. The molecule has 3 rings (SSSR count). The van der Waals surface area contributed by atoms with Gasteiger partial charge in [-0.15, -0.1) is 0 Å². The quantitative estimate of drug-likeness (QED) is 0.492. The van der Waals surface area contributed by atoms with Gasteiger partial charge in [-0.3, -0.25) is 4.99 Å². The highest BCUT2D eigenvalue weighted by molar-refractivity contribution is 5.79. The van der Waals surface area contributed by atoms with Crippen LogP contribution in [0.2, 0.25) is 0 Å². The summed E-state index contributed by atoms with van der Waals surface area (Å²) >= 11 is 0. The first-order valence-corrected chi connectivity index (χ1v) is 10.6. The molecule has 1 fully saturated rings. The van der Waals surface area contributed by atoms with Crippen molar-refractivity contribution in [1.29, 1.82) is 0 Å². The van der Waals surface area contributed by atoms with Crippen molar-refractivity contribution in [1.82, 2.24) is 15.5 Å². The Kier molecular flexibility index (Phi) is 8.53. The minimum Gasteiger partial charge on any atom is -0.488 e. The fraction of sp³-hybridized carbons (Fsp3) is 0.458. The molecule has 6 heteroatoms. The van der Waals surface area contributed by atoms with E-state index in [9.17, 15) is 0 Å². The van der Waals surface area contributed by atoms with Crippen LogP contribution in [-0.4, -0.2) is 57.4 Å². The van der Waals surface area contributed by atoms with Gasteiger partial charge in [-0.25, -0.2) is 0 Å². The molecular weight excluding hydrogens is 376 g/mol. The molecule has 0 amide bonds. The minimum atomic E-state index is 0.142. The SMILES string of the molecule is CN=C(NCCN(C)Cc1ccccc1)NCc1ccc(C)cc1OC1CCOC1. The van der Waals surface area contributed by atoms with Gasteiger partial charge in [-0.05, 0) is 31.2 Å². The lowest BCUT2D eigenvalue weighted by atomic mass is 10.1. The molecule has 30 heavy (non-hydrogen) atoms. The van der Waals surface area contributed by atoms with E-state index in [2.05, 4.69) is 77.0 Å². The Balaban J connectivity index is 1.46. The number of benzene rings is 2. The van der Waals surface area contributed by atoms with Crippen molar-refractivity contribution in [3.63, 3.8) is 0 Å². The van der Waals surface area contributed by atoms with Gasteiger partial charge in [0.25, 0.3) is 0 Å². The first-order valence-electron chi connectivity index (χ1n) is 10.6. The highest BCUT2D eigenvalue weighted by Crippen LogP contribution is 2.23. The van der Waals surface area contributed by atoms with Crippen LogP contribution in [-0.2, 0) is 17.8 Å². The molecule has 2 N–H and O–H groups in total. The number of ether oxygens (including phenoxy) is 2. The number of aryl methyl sites for hydroxylation is 1. The maximum absolute atomic E-state index is 6.19. The van der Waals surface area contributed by atoms with Crippen LogP contribution in [0.25, 0.3) is 0 Å². The summed E-state index contributed by atoms with van der Waals surface area (Å²) in [5.74, 6) is 1.72. The predicted octanol–water partition coefficient (Wildman–Crippen LogP) is 2.96. The molecule has 2 aromatic carbocycles. The number of rotatable bonds is 9. The summed E-state index contributed by atoms with van der Waals surface area (Å²) in [6, 6.07) is 16.9. The third-order valence-corrected chi connectivity index (χ3v) is 5.16.